The molecule has 0 aromatic heterocycles. The van der Waals surface area contributed by atoms with Gasteiger partial charge >= 0.3 is 0 Å². The van der Waals surface area contributed by atoms with Crippen LogP contribution >= 0.6 is 0 Å². The average Bonchev–Trinajstić information content (AvgIpc) is 2.48. The van der Waals surface area contributed by atoms with Crippen LogP contribution in [0.25, 0.3) is 0 Å². The minimum atomic E-state index is -0.521. The van der Waals surface area contributed by atoms with Crippen LogP contribution in [-0.4, -0.2) is 24.4 Å². The van der Waals surface area contributed by atoms with Crippen LogP contribution in [0.4, 0.5) is 0 Å². The first-order chi connectivity index (χ1) is 10.2. The van der Waals surface area contributed by atoms with Crippen LogP contribution in [0.2, 0.25) is 0 Å². The van der Waals surface area contributed by atoms with Gasteiger partial charge in [-0.15, -0.1) is 0 Å². The molecule has 0 bridgehead atoms. The molecule has 2 rings (SSSR count). The highest BCUT2D eigenvalue weighted by Gasteiger charge is 2.08. The molecule has 2 aromatic rings. The first-order valence-electron chi connectivity index (χ1n) is 7.28. The van der Waals surface area contributed by atoms with E-state index in [1.54, 1.807) is 0 Å². The maximum absolute atomic E-state index is 9.98. The largest absolute Gasteiger partial charge is 0.490 e. The van der Waals surface area contributed by atoms with Crippen molar-refractivity contribution in [1.82, 2.24) is 5.32 Å². The summed E-state index contributed by atoms with van der Waals surface area (Å²) in [5.41, 5.74) is 3.40. The summed E-state index contributed by atoms with van der Waals surface area (Å²) in [7, 11) is 0. The molecule has 0 spiro atoms. The monoisotopic (exact) mass is 285 g/mol. The number of aliphatic hydroxyl groups is 1. The summed E-state index contributed by atoms with van der Waals surface area (Å²) in [5, 5.41) is 13.2. The molecule has 0 saturated heterocycles. The van der Waals surface area contributed by atoms with Crippen molar-refractivity contribution in [3.05, 3.63) is 65.2 Å². The summed E-state index contributed by atoms with van der Waals surface area (Å²) in [4.78, 5) is 0. The second-order valence-electron chi connectivity index (χ2n) is 5.30. The fourth-order valence-electron chi connectivity index (χ4n) is 2.24. The molecule has 1 atom stereocenters. The predicted molar refractivity (Wildman–Crippen MR) is 85.6 cm³/mol. The number of aliphatic hydroxyl groups excluding tert-OH is 1. The van der Waals surface area contributed by atoms with Gasteiger partial charge in [0.15, 0.2) is 0 Å². The second kappa shape index (κ2) is 7.81. The molecule has 3 nitrogen and oxygen atoms in total. The van der Waals surface area contributed by atoms with Crippen LogP contribution in [0.1, 0.15) is 16.7 Å². The van der Waals surface area contributed by atoms with Crippen LogP contribution in [0.3, 0.4) is 0 Å². The van der Waals surface area contributed by atoms with Gasteiger partial charge in [-0.3, -0.25) is 0 Å². The Bertz CT molecular complexity index is 534. The van der Waals surface area contributed by atoms with Crippen molar-refractivity contribution in [2.45, 2.75) is 26.5 Å². The Morgan fingerprint density at radius 3 is 2.33 bits per heavy atom. The number of para-hydroxylation sites is 1. The molecule has 2 aromatic carbocycles. The Hall–Kier alpha value is -1.84. The normalized spacial score (nSPS) is 12.1. The van der Waals surface area contributed by atoms with Gasteiger partial charge in [-0.1, -0.05) is 48.5 Å². The first-order valence-corrected chi connectivity index (χ1v) is 7.28. The number of hydrogen-bond donors (Lipinski definition) is 2. The van der Waals surface area contributed by atoms with E-state index in [1.807, 2.05) is 50.2 Å². The van der Waals surface area contributed by atoms with E-state index >= 15 is 0 Å². The first kappa shape index (κ1) is 15.5. The predicted octanol–water partition coefficient (Wildman–Crippen LogP) is 2.83. The lowest BCUT2D eigenvalue weighted by Crippen LogP contribution is -2.31. The van der Waals surface area contributed by atoms with Gasteiger partial charge < -0.3 is 15.2 Å². The maximum Gasteiger partial charge on any atom is 0.125 e. The number of hydrogen-bond acceptors (Lipinski definition) is 3. The fourth-order valence-corrected chi connectivity index (χ4v) is 2.24. The van der Waals surface area contributed by atoms with E-state index in [4.69, 9.17) is 4.74 Å². The molecule has 1 unspecified atom stereocenters. The Labute approximate surface area is 126 Å². The van der Waals surface area contributed by atoms with Crippen molar-refractivity contribution in [2.75, 3.05) is 13.2 Å². The molecular formula is C18H23NO2. The van der Waals surface area contributed by atoms with Crippen LogP contribution in [-0.2, 0) is 6.54 Å². The van der Waals surface area contributed by atoms with Gasteiger partial charge in [0.1, 0.15) is 18.5 Å². The molecule has 0 aliphatic rings. The zero-order chi connectivity index (χ0) is 15.1. The maximum atomic E-state index is 9.98. The lowest BCUT2D eigenvalue weighted by atomic mass is 10.1. The van der Waals surface area contributed by atoms with Gasteiger partial charge in [0, 0.05) is 13.1 Å². The third-order valence-electron chi connectivity index (χ3n) is 3.38. The van der Waals surface area contributed by atoms with E-state index in [2.05, 4.69) is 17.4 Å². The third kappa shape index (κ3) is 4.88. The standard InChI is InChI=1S/C18H23NO2/c1-14-7-6-8-15(2)18(14)21-13-17(20)12-19-11-16-9-4-3-5-10-16/h3-10,17,19-20H,11-13H2,1-2H3. The van der Waals surface area contributed by atoms with Gasteiger partial charge in [0.05, 0.1) is 0 Å². The molecule has 0 saturated carbocycles. The molecule has 3 heteroatoms. The summed E-state index contributed by atoms with van der Waals surface area (Å²) in [5.74, 6) is 0.875. The van der Waals surface area contributed by atoms with Gasteiger partial charge in [-0.2, -0.15) is 0 Å². The zero-order valence-corrected chi connectivity index (χ0v) is 12.7. The van der Waals surface area contributed by atoms with Gasteiger partial charge in [-0.25, -0.2) is 0 Å². The van der Waals surface area contributed by atoms with Crippen LogP contribution < -0.4 is 10.1 Å². The van der Waals surface area contributed by atoms with E-state index in [1.165, 1.54) is 5.56 Å². The molecule has 0 amide bonds. The van der Waals surface area contributed by atoms with Crippen LogP contribution in [0.5, 0.6) is 5.75 Å². The average molecular weight is 285 g/mol. The Morgan fingerprint density at radius 2 is 1.67 bits per heavy atom. The van der Waals surface area contributed by atoms with Gasteiger partial charge in [0.2, 0.25) is 0 Å². The smallest absolute Gasteiger partial charge is 0.125 e. The Morgan fingerprint density at radius 1 is 1.00 bits per heavy atom. The highest BCUT2D eigenvalue weighted by Crippen LogP contribution is 2.22. The SMILES string of the molecule is Cc1cccc(C)c1OCC(O)CNCc1ccccc1. The molecular weight excluding hydrogens is 262 g/mol. The molecule has 0 heterocycles. The minimum Gasteiger partial charge on any atom is -0.490 e. The van der Waals surface area contributed by atoms with E-state index in [0.29, 0.717) is 13.2 Å². The van der Waals surface area contributed by atoms with E-state index in [9.17, 15) is 5.11 Å². The number of rotatable bonds is 7. The Kier molecular flexibility index (Phi) is 5.78. The number of ether oxygens (including phenoxy) is 1. The third-order valence-corrected chi connectivity index (χ3v) is 3.38. The molecule has 21 heavy (non-hydrogen) atoms. The summed E-state index contributed by atoms with van der Waals surface area (Å²) in [6.45, 7) is 5.60. The van der Waals surface area contributed by atoms with Gasteiger partial charge in [0.25, 0.3) is 0 Å². The summed E-state index contributed by atoms with van der Waals surface area (Å²) < 4.78 is 5.74. The Balaban J connectivity index is 1.74. The highest BCUT2D eigenvalue weighted by molar-refractivity contribution is 5.39. The van der Waals surface area contributed by atoms with Crippen molar-refractivity contribution in [3.8, 4) is 5.75 Å². The molecule has 112 valence electrons. The number of aryl methyl sites for hydroxylation is 2. The summed E-state index contributed by atoms with van der Waals surface area (Å²) in [6, 6.07) is 16.2. The quantitative estimate of drug-likeness (QED) is 0.822. The molecule has 2 N–H and O–H groups in total. The van der Waals surface area contributed by atoms with Crippen molar-refractivity contribution >= 4 is 0 Å². The molecule has 0 aliphatic carbocycles. The molecule has 0 aliphatic heterocycles. The fraction of sp³-hybridized carbons (Fsp3) is 0.333. The minimum absolute atomic E-state index is 0.299. The van der Waals surface area contributed by atoms with Crippen molar-refractivity contribution < 1.29 is 9.84 Å². The van der Waals surface area contributed by atoms with E-state index in [-0.39, 0.29) is 0 Å². The van der Waals surface area contributed by atoms with Crippen molar-refractivity contribution in [3.63, 3.8) is 0 Å². The van der Waals surface area contributed by atoms with Gasteiger partial charge in [-0.05, 0) is 30.5 Å². The summed E-state index contributed by atoms with van der Waals surface area (Å²) >= 11 is 0. The number of benzene rings is 2. The number of nitrogens with one attached hydrogen (secondary N) is 1. The lowest BCUT2D eigenvalue weighted by Gasteiger charge is -2.16. The van der Waals surface area contributed by atoms with E-state index < -0.39 is 6.10 Å². The van der Waals surface area contributed by atoms with E-state index in [0.717, 1.165) is 23.4 Å². The summed E-state index contributed by atoms with van der Waals surface area (Å²) in [6.07, 6.45) is -0.521. The topological polar surface area (TPSA) is 41.5 Å². The molecule has 0 radical (unpaired) electrons. The second-order valence-corrected chi connectivity index (χ2v) is 5.30. The van der Waals surface area contributed by atoms with Crippen LogP contribution in [0, 0.1) is 13.8 Å². The van der Waals surface area contributed by atoms with Crippen molar-refractivity contribution in [1.29, 1.82) is 0 Å². The van der Waals surface area contributed by atoms with Crippen molar-refractivity contribution in [2.24, 2.45) is 0 Å². The molecule has 0 fully saturated rings. The highest BCUT2D eigenvalue weighted by atomic mass is 16.5. The van der Waals surface area contributed by atoms with Crippen LogP contribution in [0.15, 0.2) is 48.5 Å². The zero-order valence-electron chi connectivity index (χ0n) is 12.7. The lowest BCUT2D eigenvalue weighted by molar-refractivity contribution is 0.105.